The van der Waals surface area contributed by atoms with E-state index in [1.54, 1.807) is 24.6 Å². The van der Waals surface area contributed by atoms with E-state index in [0.29, 0.717) is 23.3 Å². The van der Waals surface area contributed by atoms with Crippen LogP contribution >= 0.6 is 35.3 Å². The number of hydrogen-bond donors (Lipinski definition) is 3. The Morgan fingerprint density at radius 3 is 2.55 bits per heavy atom. The molecule has 1 aliphatic carbocycles. The molecule has 0 atom stereocenters. The van der Waals surface area contributed by atoms with Gasteiger partial charge in [0, 0.05) is 52.4 Å². The minimum Gasteiger partial charge on any atom is -0.355 e. The molecule has 3 rings (SSSR count). The van der Waals surface area contributed by atoms with Gasteiger partial charge in [-0.2, -0.15) is 0 Å². The second-order valence-corrected chi connectivity index (χ2v) is 9.85. The lowest BCUT2D eigenvalue weighted by Gasteiger charge is -2.36. The van der Waals surface area contributed by atoms with Gasteiger partial charge in [-0.3, -0.25) is 14.7 Å². The first-order valence-electron chi connectivity index (χ1n) is 9.48. The van der Waals surface area contributed by atoms with Crippen molar-refractivity contribution in [1.82, 2.24) is 25.2 Å². The van der Waals surface area contributed by atoms with Gasteiger partial charge in [-0.25, -0.2) is 13.1 Å². The molecule has 1 aromatic heterocycles. The number of amides is 1. The van der Waals surface area contributed by atoms with Gasteiger partial charge < -0.3 is 15.5 Å². The van der Waals surface area contributed by atoms with Gasteiger partial charge in [0.1, 0.15) is 4.21 Å². The number of carbonyl (C=O) groups is 1. The summed E-state index contributed by atoms with van der Waals surface area (Å²) in [6.07, 6.45) is 2.20. The second kappa shape index (κ2) is 11.4. The summed E-state index contributed by atoms with van der Waals surface area (Å²) < 4.78 is 27.1. The SMILES string of the molecule is CN=C(NCCNS(=O)(=O)c1cccs1)N1CCN(CC(=O)NC2CC2)CC1.I. The number of aliphatic imine (C=N–C) groups is 1. The number of halogens is 1. The third-order valence-electron chi connectivity index (χ3n) is 4.65. The van der Waals surface area contributed by atoms with Crippen molar-refractivity contribution < 1.29 is 13.2 Å². The molecule has 0 aromatic carbocycles. The predicted molar refractivity (Wildman–Crippen MR) is 125 cm³/mol. The van der Waals surface area contributed by atoms with Gasteiger partial charge in [0.05, 0.1) is 6.54 Å². The van der Waals surface area contributed by atoms with Crippen molar-refractivity contribution in [3.05, 3.63) is 17.5 Å². The molecule has 2 aliphatic rings. The van der Waals surface area contributed by atoms with Crippen LogP contribution in [0.5, 0.6) is 0 Å². The molecule has 1 saturated carbocycles. The van der Waals surface area contributed by atoms with Gasteiger partial charge in [0.2, 0.25) is 15.9 Å². The normalized spacial score (nSPS) is 18.2. The van der Waals surface area contributed by atoms with Crippen LogP contribution in [0.1, 0.15) is 12.8 Å². The standard InChI is InChI=1S/C17H28N6O3S2.HI/c1-18-17(19-6-7-20-28(25,26)16-3-2-12-27-16)23-10-8-22(9-11-23)13-15(24)21-14-4-5-14;/h2-3,12,14,20H,4-11,13H2,1H3,(H,18,19)(H,21,24);1H. The molecule has 29 heavy (non-hydrogen) atoms. The lowest BCUT2D eigenvalue weighted by molar-refractivity contribution is -0.122. The zero-order chi connectivity index (χ0) is 20.0. The Kier molecular flexibility index (Phi) is 9.59. The Balaban J connectivity index is 0.00000300. The number of thiophene rings is 1. The number of sulfonamides is 1. The van der Waals surface area contributed by atoms with Gasteiger partial charge in [-0.05, 0) is 24.3 Å². The summed E-state index contributed by atoms with van der Waals surface area (Å²) >= 11 is 1.20. The van der Waals surface area contributed by atoms with E-state index >= 15 is 0 Å². The lowest BCUT2D eigenvalue weighted by atomic mass is 10.3. The fourth-order valence-electron chi connectivity index (χ4n) is 3.00. The number of carbonyl (C=O) groups excluding carboxylic acids is 1. The fourth-order valence-corrected chi connectivity index (χ4v) is 5.07. The van der Waals surface area contributed by atoms with E-state index in [2.05, 4.69) is 30.1 Å². The number of nitrogens with zero attached hydrogens (tertiary/aromatic N) is 3. The highest BCUT2D eigenvalue weighted by Crippen LogP contribution is 2.18. The zero-order valence-corrected chi connectivity index (χ0v) is 20.4. The number of guanidine groups is 1. The molecular formula is C17H29IN6O3S2. The van der Waals surface area contributed by atoms with E-state index in [1.807, 2.05) is 0 Å². The van der Waals surface area contributed by atoms with E-state index in [1.165, 1.54) is 11.3 Å². The molecule has 2 fully saturated rings. The molecular weight excluding hydrogens is 527 g/mol. The predicted octanol–water partition coefficient (Wildman–Crippen LogP) is 0.116. The van der Waals surface area contributed by atoms with Gasteiger partial charge in [-0.15, -0.1) is 35.3 Å². The number of nitrogens with one attached hydrogen (secondary N) is 3. The first-order chi connectivity index (χ1) is 13.5. The first kappa shape index (κ1) is 24.3. The van der Waals surface area contributed by atoms with Crippen molar-refractivity contribution >= 4 is 57.2 Å². The van der Waals surface area contributed by atoms with Gasteiger partial charge >= 0.3 is 0 Å². The molecule has 2 heterocycles. The highest BCUT2D eigenvalue weighted by molar-refractivity contribution is 14.0. The van der Waals surface area contributed by atoms with Crippen LogP contribution in [0.15, 0.2) is 26.7 Å². The van der Waals surface area contributed by atoms with Gasteiger partial charge in [0.15, 0.2) is 5.96 Å². The van der Waals surface area contributed by atoms with Crippen LogP contribution in [0.3, 0.4) is 0 Å². The molecule has 164 valence electrons. The van der Waals surface area contributed by atoms with Crippen LogP contribution in [-0.2, 0) is 14.8 Å². The van der Waals surface area contributed by atoms with E-state index in [9.17, 15) is 13.2 Å². The van der Waals surface area contributed by atoms with Gasteiger partial charge in [-0.1, -0.05) is 6.07 Å². The van der Waals surface area contributed by atoms with Crippen molar-refractivity contribution in [3.8, 4) is 0 Å². The van der Waals surface area contributed by atoms with Crippen molar-refractivity contribution in [3.63, 3.8) is 0 Å². The summed E-state index contributed by atoms with van der Waals surface area (Å²) in [6, 6.07) is 3.70. The molecule has 0 radical (unpaired) electrons. The molecule has 0 unspecified atom stereocenters. The van der Waals surface area contributed by atoms with E-state index in [-0.39, 0.29) is 36.4 Å². The molecule has 12 heteroatoms. The molecule has 1 saturated heterocycles. The average Bonchev–Trinajstić information content (AvgIpc) is 3.30. The number of piperazine rings is 1. The summed E-state index contributed by atoms with van der Waals surface area (Å²) in [5, 5.41) is 7.96. The number of rotatable bonds is 8. The highest BCUT2D eigenvalue weighted by atomic mass is 127. The maximum atomic E-state index is 12.1. The third kappa shape index (κ3) is 7.66. The van der Waals surface area contributed by atoms with Crippen LogP contribution in [0.4, 0.5) is 0 Å². The van der Waals surface area contributed by atoms with Gasteiger partial charge in [0.25, 0.3) is 0 Å². The largest absolute Gasteiger partial charge is 0.355 e. The highest BCUT2D eigenvalue weighted by Gasteiger charge is 2.26. The number of hydrogen-bond acceptors (Lipinski definition) is 6. The van der Waals surface area contributed by atoms with E-state index < -0.39 is 10.0 Å². The van der Waals surface area contributed by atoms with Crippen LogP contribution < -0.4 is 15.4 Å². The van der Waals surface area contributed by atoms with Crippen LogP contribution in [0.2, 0.25) is 0 Å². The summed E-state index contributed by atoms with van der Waals surface area (Å²) in [5.74, 6) is 0.855. The molecule has 1 aliphatic heterocycles. The summed E-state index contributed by atoms with van der Waals surface area (Å²) in [4.78, 5) is 20.5. The lowest BCUT2D eigenvalue weighted by Crippen LogP contribution is -2.54. The molecule has 0 spiro atoms. The quantitative estimate of drug-likeness (QED) is 0.182. The Morgan fingerprint density at radius 1 is 1.24 bits per heavy atom. The average molecular weight is 556 g/mol. The van der Waals surface area contributed by atoms with E-state index in [0.717, 1.165) is 45.0 Å². The molecule has 1 aromatic rings. The molecule has 9 nitrogen and oxygen atoms in total. The minimum absolute atomic E-state index is 0. The van der Waals surface area contributed by atoms with Crippen molar-refractivity contribution in [2.45, 2.75) is 23.1 Å². The smallest absolute Gasteiger partial charge is 0.250 e. The Labute approximate surface area is 193 Å². The van der Waals surface area contributed by atoms with Crippen LogP contribution in [0.25, 0.3) is 0 Å². The maximum absolute atomic E-state index is 12.1. The fraction of sp³-hybridized carbons (Fsp3) is 0.647. The Morgan fingerprint density at radius 2 is 1.97 bits per heavy atom. The minimum atomic E-state index is -3.44. The Bertz CT molecular complexity index is 775. The van der Waals surface area contributed by atoms with Crippen molar-refractivity contribution in [1.29, 1.82) is 0 Å². The monoisotopic (exact) mass is 556 g/mol. The second-order valence-electron chi connectivity index (χ2n) is 6.91. The van der Waals surface area contributed by atoms with Crippen LogP contribution in [0, 0.1) is 0 Å². The topological polar surface area (TPSA) is 106 Å². The molecule has 1 amide bonds. The summed E-state index contributed by atoms with van der Waals surface area (Å²) in [6.45, 7) is 4.31. The first-order valence-corrected chi connectivity index (χ1v) is 11.8. The Hall–Kier alpha value is -0.960. The summed E-state index contributed by atoms with van der Waals surface area (Å²) in [5.41, 5.74) is 0. The van der Waals surface area contributed by atoms with Crippen molar-refractivity contribution in [2.24, 2.45) is 4.99 Å². The summed E-state index contributed by atoms with van der Waals surface area (Å²) in [7, 11) is -1.72. The molecule has 3 N–H and O–H groups in total. The zero-order valence-electron chi connectivity index (χ0n) is 16.5. The van der Waals surface area contributed by atoms with Crippen LogP contribution in [-0.4, -0.2) is 89.0 Å². The van der Waals surface area contributed by atoms with E-state index in [4.69, 9.17) is 0 Å². The third-order valence-corrected chi connectivity index (χ3v) is 7.51. The molecule has 0 bridgehead atoms. The van der Waals surface area contributed by atoms with Crippen molar-refractivity contribution in [2.75, 3.05) is 52.9 Å². The maximum Gasteiger partial charge on any atom is 0.250 e.